The van der Waals surface area contributed by atoms with Crippen LogP contribution < -0.4 is 16.0 Å². The van der Waals surface area contributed by atoms with Gasteiger partial charge >= 0.3 is 5.97 Å². The molecule has 1 saturated carbocycles. The number of hydrogen-bond acceptors (Lipinski definition) is 7. The van der Waals surface area contributed by atoms with Crippen molar-refractivity contribution in [3.63, 3.8) is 0 Å². The average molecular weight is 665 g/mol. The number of esters is 1. The third-order valence-electron chi connectivity index (χ3n) is 8.11. The first-order chi connectivity index (χ1) is 23.6. The van der Waals surface area contributed by atoms with E-state index in [-0.39, 0.29) is 30.2 Å². The lowest BCUT2D eigenvalue weighted by Gasteiger charge is -2.22. The maximum Gasteiger partial charge on any atom is 0.339 e. The molecule has 2 aromatic carbocycles. The van der Waals surface area contributed by atoms with Gasteiger partial charge in [0.2, 0.25) is 12.3 Å². The molecule has 0 radical (unpaired) electrons. The van der Waals surface area contributed by atoms with E-state index in [0.29, 0.717) is 30.2 Å². The van der Waals surface area contributed by atoms with Crippen molar-refractivity contribution in [2.75, 3.05) is 7.05 Å². The number of rotatable bonds is 13. The summed E-state index contributed by atoms with van der Waals surface area (Å²) in [4.78, 5) is 48.9. The van der Waals surface area contributed by atoms with E-state index >= 15 is 0 Å². The van der Waals surface area contributed by atoms with Gasteiger partial charge in [0.05, 0.1) is 5.57 Å². The van der Waals surface area contributed by atoms with Crippen molar-refractivity contribution in [3.05, 3.63) is 132 Å². The van der Waals surface area contributed by atoms with Crippen LogP contribution in [0.4, 0.5) is 0 Å². The number of amides is 3. The van der Waals surface area contributed by atoms with Gasteiger partial charge in [0, 0.05) is 37.3 Å². The van der Waals surface area contributed by atoms with Crippen LogP contribution in [0.5, 0.6) is 0 Å². The molecule has 3 N–H and O–H groups in total. The van der Waals surface area contributed by atoms with E-state index in [1.165, 1.54) is 5.57 Å². The molecule has 0 unspecified atom stereocenters. The quantitative estimate of drug-likeness (QED) is 0.151. The van der Waals surface area contributed by atoms with Gasteiger partial charge in [-0.05, 0) is 73.1 Å². The van der Waals surface area contributed by atoms with Gasteiger partial charge in [-0.3, -0.25) is 14.4 Å². The Morgan fingerprint density at radius 2 is 1.76 bits per heavy atom. The normalized spacial score (nSPS) is 14.6. The van der Waals surface area contributed by atoms with Crippen LogP contribution in [0, 0.1) is 11.8 Å². The van der Waals surface area contributed by atoms with Crippen LogP contribution in [0.3, 0.4) is 0 Å². The Labute approximate surface area is 287 Å². The first kappa shape index (κ1) is 36.2. The molecule has 1 aromatic heterocycles. The summed E-state index contributed by atoms with van der Waals surface area (Å²) in [6, 6.07) is 19.9. The predicted molar refractivity (Wildman–Crippen MR) is 188 cm³/mol. The van der Waals surface area contributed by atoms with Crippen LogP contribution in [-0.2, 0) is 32.3 Å². The number of benzene rings is 2. The standard InChI is InChI=1S/C20H23NO2.C19H21N3O4/c1-15(2)16(3)12-21-13-19(11-10-17(21)4)20(22)23-14-18-8-6-5-7-9-18;1-20-19(25)17(13-5-6-13)22-18(24)16-8-7-15(26-16)14-4-2-3-12(9-14)10-21-11-23/h5-13,15H,4,14H2,1-3H3;2-4,7-9,11,13,17H,5-6,10H2,1H3,(H,20,25)(H,21,23)(H,22,24)/b16-12-;/t;17-/m.0/s1. The second-order valence-electron chi connectivity index (χ2n) is 12.2. The molecule has 5 rings (SSSR count). The molecule has 1 fully saturated rings. The van der Waals surface area contributed by atoms with Gasteiger partial charge in [-0.25, -0.2) is 4.79 Å². The topological polar surface area (TPSA) is 130 Å². The number of hydrogen-bond donors (Lipinski definition) is 3. The summed E-state index contributed by atoms with van der Waals surface area (Å²) in [7, 11) is 1.56. The number of ether oxygens (including phenoxy) is 1. The number of carbonyl (C=O) groups is 4. The zero-order valence-electron chi connectivity index (χ0n) is 28.4. The zero-order chi connectivity index (χ0) is 35.3. The van der Waals surface area contributed by atoms with Crippen molar-refractivity contribution in [1.82, 2.24) is 20.9 Å². The molecule has 0 spiro atoms. The van der Waals surface area contributed by atoms with E-state index in [1.807, 2.05) is 71.8 Å². The summed E-state index contributed by atoms with van der Waals surface area (Å²) in [5, 5.41) is 7.95. The van der Waals surface area contributed by atoms with Gasteiger partial charge in [0.25, 0.3) is 5.91 Å². The third kappa shape index (κ3) is 10.7. The Morgan fingerprint density at radius 1 is 1.02 bits per heavy atom. The highest BCUT2D eigenvalue weighted by Gasteiger charge is 2.37. The van der Waals surface area contributed by atoms with Crippen molar-refractivity contribution >= 4 is 24.2 Å². The van der Waals surface area contributed by atoms with E-state index in [4.69, 9.17) is 9.15 Å². The third-order valence-corrected chi connectivity index (χ3v) is 8.11. The van der Waals surface area contributed by atoms with Gasteiger partial charge in [-0.15, -0.1) is 0 Å². The number of allylic oxidation sites excluding steroid dienone is 2. The minimum absolute atomic E-state index is 0.158. The molecule has 1 atom stereocenters. The molecule has 1 aliphatic carbocycles. The molecule has 10 heteroatoms. The maximum absolute atomic E-state index is 12.4. The fraction of sp³-hybridized carbons (Fsp3) is 0.282. The van der Waals surface area contributed by atoms with E-state index in [2.05, 4.69) is 43.3 Å². The second-order valence-corrected chi connectivity index (χ2v) is 12.2. The van der Waals surface area contributed by atoms with E-state index < -0.39 is 11.9 Å². The van der Waals surface area contributed by atoms with Gasteiger partial charge in [-0.2, -0.15) is 0 Å². The molecule has 10 nitrogen and oxygen atoms in total. The average Bonchev–Trinajstić information content (AvgIpc) is 3.84. The van der Waals surface area contributed by atoms with Crippen LogP contribution in [0.25, 0.3) is 11.3 Å². The number of furan rings is 1. The SMILES string of the molecule is C=C1C=CC(C(=O)OCc2ccccc2)=CN1/C=C(/C)C(C)C.CNC(=O)[C@@H](NC(=O)c1ccc(-c2cccc(CNC=O)c2)o1)C1CC1. The molecule has 2 heterocycles. The summed E-state index contributed by atoms with van der Waals surface area (Å²) in [6.45, 7) is 11.0. The van der Waals surface area contributed by atoms with Gasteiger partial charge < -0.3 is 30.0 Å². The highest BCUT2D eigenvalue weighted by Crippen LogP contribution is 2.33. The van der Waals surface area contributed by atoms with Crippen LogP contribution in [0.15, 0.2) is 119 Å². The molecule has 3 aromatic rings. The smallest absolute Gasteiger partial charge is 0.339 e. The maximum atomic E-state index is 12.4. The molecule has 2 aliphatic rings. The minimum atomic E-state index is -0.529. The number of nitrogens with zero attached hydrogens (tertiary/aromatic N) is 1. The Balaban J connectivity index is 0.000000223. The number of likely N-dealkylation sites (N-methyl/N-ethyl adjacent to an activating group) is 1. The lowest BCUT2D eigenvalue weighted by molar-refractivity contribution is -0.140. The highest BCUT2D eigenvalue weighted by atomic mass is 16.5. The highest BCUT2D eigenvalue weighted by molar-refractivity contribution is 5.96. The monoisotopic (exact) mass is 664 g/mol. The zero-order valence-corrected chi connectivity index (χ0v) is 28.4. The lowest BCUT2D eigenvalue weighted by atomic mass is 10.1. The summed E-state index contributed by atoms with van der Waals surface area (Å²) in [5.74, 6) is 0.402. The van der Waals surface area contributed by atoms with Crippen LogP contribution in [0.1, 0.15) is 55.3 Å². The van der Waals surface area contributed by atoms with E-state index in [9.17, 15) is 19.2 Å². The second kappa shape index (κ2) is 17.5. The predicted octanol–water partition coefficient (Wildman–Crippen LogP) is 6.01. The van der Waals surface area contributed by atoms with Gasteiger partial charge in [0.1, 0.15) is 18.4 Å². The Hall–Kier alpha value is -5.64. The molecule has 3 amide bonds. The Morgan fingerprint density at radius 3 is 2.43 bits per heavy atom. The molecule has 256 valence electrons. The summed E-state index contributed by atoms with van der Waals surface area (Å²) < 4.78 is 11.0. The van der Waals surface area contributed by atoms with Crippen LogP contribution in [-0.4, -0.2) is 42.2 Å². The van der Waals surface area contributed by atoms with Gasteiger partial charge in [-0.1, -0.05) is 74.5 Å². The molecular weight excluding hydrogens is 620 g/mol. The fourth-order valence-corrected chi connectivity index (χ4v) is 4.77. The van der Waals surface area contributed by atoms with Crippen molar-refractivity contribution in [2.45, 2.75) is 52.8 Å². The van der Waals surface area contributed by atoms with Crippen molar-refractivity contribution in [3.8, 4) is 11.3 Å². The number of carbonyl (C=O) groups excluding carboxylic acids is 4. The van der Waals surface area contributed by atoms with E-state index in [0.717, 1.165) is 35.2 Å². The number of nitrogens with one attached hydrogen (secondary N) is 3. The van der Waals surface area contributed by atoms with Crippen LogP contribution >= 0.6 is 0 Å². The Kier molecular flexibility index (Phi) is 12.9. The summed E-state index contributed by atoms with van der Waals surface area (Å²) in [6.07, 6.45) is 9.84. The first-order valence-corrected chi connectivity index (χ1v) is 16.2. The van der Waals surface area contributed by atoms with E-state index in [1.54, 1.807) is 31.5 Å². The molecular formula is C39H44N4O6. The first-order valence-electron chi connectivity index (χ1n) is 16.2. The van der Waals surface area contributed by atoms with Crippen molar-refractivity contribution in [2.24, 2.45) is 11.8 Å². The summed E-state index contributed by atoms with van der Waals surface area (Å²) in [5.41, 5.74) is 5.25. The van der Waals surface area contributed by atoms with Crippen molar-refractivity contribution in [1.29, 1.82) is 0 Å². The van der Waals surface area contributed by atoms with Crippen LogP contribution in [0.2, 0.25) is 0 Å². The van der Waals surface area contributed by atoms with Crippen molar-refractivity contribution < 1.29 is 28.3 Å². The minimum Gasteiger partial charge on any atom is -0.457 e. The molecule has 0 saturated heterocycles. The van der Waals surface area contributed by atoms with Gasteiger partial charge in [0.15, 0.2) is 5.76 Å². The molecule has 1 aliphatic heterocycles. The fourth-order valence-electron chi connectivity index (χ4n) is 4.77. The molecule has 49 heavy (non-hydrogen) atoms. The lowest BCUT2D eigenvalue weighted by Crippen LogP contribution is -2.47. The largest absolute Gasteiger partial charge is 0.457 e. The molecule has 0 bridgehead atoms. The summed E-state index contributed by atoms with van der Waals surface area (Å²) >= 11 is 0. The Bertz CT molecular complexity index is 1730.